The number of aryl methyl sites for hydroxylation is 6. The molecule has 0 saturated carbocycles. The zero-order valence-electron chi connectivity index (χ0n) is 81.2. The van der Waals surface area contributed by atoms with Crippen LogP contribution in [0.25, 0.3) is 50.3 Å². The molecular weight excluding hydrogens is 2950 g/mol. The number of nitrogens with zero attached hydrogens (tertiary/aromatic N) is 15. The molecule has 147 heavy (non-hydrogen) atoms. The van der Waals surface area contributed by atoms with Gasteiger partial charge < -0.3 is 39.9 Å². The summed E-state index contributed by atoms with van der Waals surface area (Å²) in [6.45, 7) is 18.5. The third-order valence-electron chi connectivity index (χ3n) is 19.8. The molecule has 6 radical (unpaired) electrons. The second-order valence-electron chi connectivity index (χ2n) is 31.3. The fourth-order valence-electron chi connectivity index (χ4n) is 12.5. The number of hydrogen-bond acceptors (Lipinski definition) is 12. The van der Waals surface area contributed by atoms with Crippen LogP contribution in [-0.4, -0.2) is 79.0 Å². The number of rotatable bonds is 14. The molecule has 0 fully saturated rings. The molecule has 12 heterocycles. The summed E-state index contributed by atoms with van der Waals surface area (Å²) in [5.41, 5.74) is 15.8. The first kappa shape index (κ1) is 128. The number of pyridine rings is 3. The molecular formula is C113H100F7Ir6N15O6-12. The summed E-state index contributed by atoms with van der Waals surface area (Å²) in [5.74, 6) is -0.369. The van der Waals surface area contributed by atoms with Crippen LogP contribution in [0.3, 0.4) is 0 Å². The third-order valence-corrected chi connectivity index (χ3v) is 19.8. The van der Waals surface area contributed by atoms with E-state index in [0.29, 0.717) is 45.9 Å². The smallest absolute Gasteiger partial charge is 0.414 e. The quantitative estimate of drug-likeness (QED) is 0.0555. The molecule has 0 amide bonds. The molecule has 0 atom stereocenters. The SMILES string of the molecule is CC(=O)c1cc(C(F)(F)F)c[n-]1.CC(=O)c1cc2c([n-]1)CCCC2.CC(=O)c1ccc(C)[n-]1.CC(=O)c1ccc(C)[n-]1.CC(=O)c1ccc[n-]1.CC(C)C(=O)c1ccc[n-]1.Cc1cc(-n2cccn2)[c-]cc1F.Cc1cc[c-]c(-n2cccn2)c1.FC(F)(F)c1c[c-]c(-n2cccn2)cc1.[Ir].[Ir].[Ir].[Ir].[Ir].[Ir].[c-]1ccccc1-c1cc2ccccc2cn1.[c-]1ccccc1-c1ccccn1.[c-]1ccccc1Cc1ccccn1. The molecule has 778 valence electrons. The molecule has 19 aromatic rings. The molecule has 1 aliphatic rings. The Labute approximate surface area is 931 Å². The Bertz CT molecular complexity index is 6810. The van der Waals surface area contributed by atoms with Crippen LogP contribution >= 0.6 is 0 Å². The molecule has 0 unspecified atom stereocenters. The normalized spacial score (nSPS) is 10.3. The molecule has 34 heteroatoms. The van der Waals surface area contributed by atoms with Crippen molar-refractivity contribution >= 4 is 45.5 Å². The van der Waals surface area contributed by atoms with Gasteiger partial charge in [0.05, 0.1) is 0 Å². The van der Waals surface area contributed by atoms with E-state index in [0.717, 1.165) is 94.1 Å². The van der Waals surface area contributed by atoms with Gasteiger partial charge >= 0.3 is 12.4 Å². The molecule has 12 aromatic heterocycles. The van der Waals surface area contributed by atoms with E-state index in [1.165, 1.54) is 84.8 Å². The fourth-order valence-corrected chi connectivity index (χ4v) is 12.5. The predicted molar refractivity (Wildman–Crippen MR) is 527 cm³/mol. The molecule has 0 N–H and O–H groups in total. The van der Waals surface area contributed by atoms with Gasteiger partial charge in [-0.3, -0.25) is 52.2 Å². The Morgan fingerprint density at radius 3 is 1.31 bits per heavy atom. The average Bonchev–Trinajstić information content (AvgIpc) is 1.30. The van der Waals surface area contributed by atoms with Crippen LogP contribution in [0.5, 0.6) is 0 Å². The van der Waals surface area contributed by atoms with Crippen LogP contribution in [0.4, 0.5) is 30.7 Å². The first-order chi connectivity index (χ1) is 67.6. The monoisotopic (exact) mass is 3050 g/mol. The van der Waals surface area contributed by atoms with Crippen molar-refractivity contribution in [2.75, 3.05) is 0 Å². The minimum Gasteiger partial charge on any atom is -0.661 e. The first-order valence-electron chi connectivity index (χ1n) is 44.3. The van der Waals surface area contributed by atoms with E-state index in [1.807, 2.05) is 210 Å². The zero-order chi connectivity index (χ0) is 102. The van der Waals surface area contributed by atoms with Crippen molar-refractivity contribution in [1.29, 1.82) is 0 Å². The summed E-state index contributed by atoms with van der Waals surface area (Å²) in [7, 11) is 0. The van der Waals surface area contributed by atoms with E-state index in [9.17, 15) is 59.5 Å². The summed E-state index contributed by atoms with van der Waals surface area (Å²) in [5, 5.41) is 14.4. The number of halogens is 7. The van der Waals surface area contributed by atoms with Gasteiger partial charge in [-0.15, -0.1) is 102 Å². The van der Waals surface area contributed by atoms with Crippen LogP contribution in [0.1, 0.15) is 180 Å². The Morgan fingerprint density at radius 1 is 0.395 bits per heavy atom. The summed E-state index contributed by atoms with van der Waals surface area (Å²) in [6.07, 6.45) is 16.5. The van der Waals surface area contributed by atoms with E-state index < -0.39 is 29.3 Å². The minimum atomic E-state index is -4.42. The Morgan fingerprint density at radius 2 is 0.898 bits per heavy atom. The van der Waals surface area contributed by atoms with E-state index in [-0.39, 0.29) is 167 Å². The number of Topliss-reactive ketones (excluding diaryl/α,β-unsaturated/α-hetero) is 6. The third kappa shape index (κ3) is 45.1. The number of hydrogen-bond donors (Lipinski definition) is 0. The number of aromatic nitrogens is 15. The van der Waals surface area contributed by atoms with Crippen LogP contribution in [0.15, 0.2) is 341 Å². The number of benzene rings is 7. The van der Waals surface area contributed by atoms with Crippen molar-refractivity contribution < 1.29 is 180 Å². The minimum absolute atomic E-state index is 0. The number of alkyl halides is 6. The van der Waals surface area contributed by atoms with Crippen molar-refractivity contribution in [1.82, 2.24) is 74.2 Å². The molecule has 0 aliphatic heterocycles. The molecule has 7 aromatic carbocycles. The van der Waals surface area contributed by atoms with E-state index in [1.54, 1.807) is 121 Å². The van der Waals surface area contributed by atoms with Crippen LogP contribution < -0.4 is 29.9 Å². The van der Waals surface area contributed by atoms with Gasteiger partial charge in [0.1, 0.15) is 34.7 Å². The van der Waals surface area contributed by atoms with Crippen molar-refractivity contribution in [3.05, 3.63) is 474 Å². The summed E-state index contributed by atoms with van der Waals surface area (Å²) in [4.78, 5) is 100. The number of carbonyl (C=O) groups is 6. The van der Waals surface area contributed by atoms with Gasteiger partial charge in [-0.2, -0.15) is 161 Å². The van der Waals surface area contributed by atoms with Crippen molar-refractivity contribution in [2.24, 2.45) is 5.92 Å². The van der Waals surface area contributed by atoms with Crippen molar-refractivity contribution in [2.45, 2.75) is 121 Å². The van der Waals surface area contributed by atoms with Crippen molar-refractivity contribution in [3.8, 4) is 39.6 Å². The second kappa shape index (κ2) is 67.0. The largest absolute Gasteiger partial charge is 0.661 e. The molecule has 1 aliphatic carbocycles. The van der Waals surface area contributed by atoms with E-state index in [4.69, 9.17) is 0 Å². The Kier molecular flexibility index (Phi) is 58.4. The molecule has 0 spiro atoms. The molecule has 21 nitrogen and oxygen atoms in total. The molecule has 0 bridgehead atoms. The van der Waals surface area contributed by atoms with Gasteiger partial charge in [0.15, 0.2) is 0 Å². The van der Waals surface area contributed by atoms with Crippen LogP contribution in [0, 0.1) is 75.8 Å². The second-order valence-corrected chi connectivity index (χ2v) is 31.3. The van der Waals surface area contributed by atoms with E-state index >= 15 is 0 Å². The topological polar surface area (TPSA) is 279 Å². The maximum atomic E-state index is 12.9. The fraction of sp³-hybridized carbons (Fsp3) is 0.168. The zero-order valence-corrected chi connectivity index (χ0v) is 95.6. The van der Waals surface area contributed by atoms with E-state index in [2.05, 4.69) is 128 Å². The number of carbonyl (C=O) groups excluding carboxylic acids is 6. The van der Waals surface area contributed by atoms with Gasteiger partial charge in [0, 0.05) is 199 Å². The van der Waals surface area contributed by atoms with Crippen LogP contribution in [0.2, 0.25) is 0 Å². The van der Waals surface area contributed by atoms with Gasteiger partial charge in [0.25, 0.3) is 0 Å². The first-order valence-corrected chi connectivity index (χ1v) is 44.3. The summed E-state index contributed by atoms with van der Waals surface area (Å²) >= 11 is 0. The maximum absolute atomic E-state index is 12.9. The van der Waals surface area contributed by atoms with Gasteiger partial charge in [-0.05, 0) is 136 Å². The Balaban J connectivity index is 0.000000412. The standard InChI is InChI=1S/C15H10N.C12H10N.C11H8N.C10H6F3N2.C10H8FN2.C10H9N2.C10H13NO.C8H11NO.C7H6F3NO.2C7H9NO.C6H7NO.6Ir/c1-2-6-12(7-3-1)15-10-13-8-4-5-9-14(13)11-16-15;1-2-6-11(7-3-1)10-12-8-4-5-9-13-12;1-2-6-10(7-3-1)11-8-4-5-9-12-11;11-10(12,13)8-2-4-9(5-3-8)15-7-1-6-14-15;1-8-7-9(3-4-10(8)11)13-6-2-5-12-13;1-9-4-2-5-10(8-9)12-7-3-6-11-12;1-7(12)10-6-8-4-2-3-5-9(8)11-10;1-6(2)8(10)7-4-3-5-9-7;1-4(12)6-2-5(3-11-6)7(8,9)10;2*1-5-3-4-7(8-5)6(2)9;1-5(8)6-3-2-4-7-6;;;;;;/h1-6,8-11H;1-6,8-9H,10H2;1-6,8-9H;1-4,6-7H;2,4-7H,1H3;2-4,6-8H,1H3;6H,2-5H2,1H3,(H,11,12);3-6H,1-2H3,(H,9,10);2-3H,1H3,(H,11,12);2*3-4H,1-2H3,(H,8,9);2-4H,1H3,(H,7,8);;;;;;/q6*-1;;;;;;;;;;;;/p-6. The average molecular weight is 3050 g/mol. The van der Waals surface area contributed by atoms with Gasteiger partial charge in [-0.1, -0.05) is 202 Å². The summed E-state index contributed by atoms with van der Waals surface area (Å²) < 4.78 is 90.2. The van der Waals surface area contributed by atoms with Crippen molar-refractivity contribution in [3.63, 3.8) is 0 Å². The van der Waals surface area contributed by atoms with Crippen LogP contribution in [-0.2, 0) is 152 Å². The number of fused-ring (bicyclic) bond motifs is 2. The molecule has 20 rings (SSSR count). The summed E-state index contributed by atoms with van der Waals surface area (Å²) in [6, 6.07) is 98.3. The Hall–Kier alpha value is -13.0. The predicted octanol–water partition coefficient (Wildman–Crippen LogP) is 23.7. The maximum Gasteiger partial charge on any atom is 0.414 e. The molecule has 0 saturated heterocycles. The van der Waals surface area contributed by atoms with Gasteiger partial charge in [-0.25, -0.2) is 0 Å². The van der Waals surface area contributed by atoms with Gasteiger partial charge in [0.2, 0.25) is 0 Å². The number of ketones is 6.